The lowest BCUT2D eigenvalue weighted by Gasteiger charge is -2.43. The molecule has 0 spiro atoms. The van der Waals surface area contributed by atoms with Crippen molar-refractivity contribution in [3.8, 4) is 0 Å². The number of carbonyl (C=O) groups is 4. The molecule has 4 fully saturated rings. The van der Waals surface area contributed by atoms with Gasteiger partial charge in [0.05, 0.1) is 23.9 Å². The molecule has 0 bridgehead atoms. The van der Waals surface area contributed by atoms with Crippen molar-refractivity contribution in [3.05, 3.63) is 29.6 Å². The average Bonchev–Trinajstić information content (AvgIpc) is 3.74. The molecule has 3 N–H and O–H groups in total. The second kappa shape index (κ2) is 11.2. The number of hydrogen-bond acceptors (Lipinski definition) is 9. The van der Waals surface area contributed by atoms with Crippen LogP contribution in [0.4, 0.5) is 4.39 Å². The Hall–Kier alpha value is -2.41. The summed E-state index contributed by atoms with van der Waals surface area (Å²) in [6, 6.07) is 4.45. The van der Waals surface area contributed by atoms with E-state index >= 15 is 0 Å². The molecule has 5 rings (SSSR count). The van der Waals surface area contributed by atoms with Gasteiger partial charge in [-0.3, -0.25) is 19.2 Å². The van der Waals surface area contributed by atoms with Crippen LogP contribution in [0.1, 0.15) is 31.2 Å². The number of aryl methyl sites for hydroxylation is 1. The Morgan fingerprint density at radius 3 is 2.08 bits per heavy atom. The lowest BCUT2D eigenvalue weighted by molar-refractivity contribution is -0.187. The van der Waals surface area contributed by atoms with Crippen LogP contribution in [0, 0.1) is 48.2 Å². The van der Waals surface area contributed by atoms with Crippen molar-refractivity contribution in [3.63, 3.8) is 0 Å². The molecule has 0 unspecified atom stereocenters. The number of nitrogens with zero attached hydrogens (tertiary/aromatic N) is 1. The summed E-state index contributed by atoms with van der Waals surface area (Å²) in [5, 5.41) is 31.7. The van der Waals surface area contributed by atoms with E-state index in [1.54, 1.807) is 19.1 Å². The number of aliphatic hydroxyl groups is 1. The number of carboxylic acids is 2. The molecule has 4 saturated carbocycles. The maximum atomic E-state index is 13.8. The van der Waals surface area contributed by atoms with Crippen molar-refractivity contribution >= 4 is 48.0 Å². The fraction of sp³-hybridized carbons (Fsp3) is 0.615. The van der Waals surface area contributed by atoms with Crippen molar-refractivity contribution in [2.45, 2.75) is 49.1 Å². The zero-order valence-electron chi connectivity index (χ0n) is 21.2. The third-order valence-corrected chi connectivity index (χ3v) is 9.33. The first kappa shape index (κ1) is 29.6. The van der Waals surface area contributed by atoms with Gasteiger partial charge in [0, 0.05) is 28.4 Å². The first-order valence-electron chi connectivity index (χ1n) is 12.7. The molecule has 10 nitrogen and oxygen atoms in total. The van der Waals surface area contributed by atoms with Crippen molar-refractivity contribution < 1.29 is 48.4 Å². The molecule has 0 radical (unpaired) electrons. The summed E-state index contributed by atoms with van der Waals surface area (Å²) in [6.07, 6.45) is 1.38. The molecule has 0 heterocycles. The van der Waals surface area contributed by atoms with Crippen molar-refractivity contribution in [2.24, 2.45) is 35.5 Å². The van der Waals surface area contributed by atoms with Crippen LogP contribution in [-0.2, 0) is 28.7 Å². The minimum Gasteiger partial charge on any atom is -0.481 e. The monoisotopic (exact) mass is 587 g/mol. The first-order chi connectivity index (χ1) is 18.1. The molecule has 0 aliphatic heterocycles. The van der Waals surface area contributed by atoms with Gasteiger partial charge in [-0.15, -0.1) is 24.2 Å². The van der Waals surface area contributed by atoms with E-state index in [0.717, 1.165) is 0 Å². The van der Waals surface area contributed by atoms with Crippen LogP contribution < -0.4 is 0 Å². The molecule has 0 saturated heterocycles. The molecule has 214 valence electrons. The standard InChI is InChI=1S/C26H30FNO9S.ClH/c1-12-8-15(6-7-17(12)27)38-9-16-21(29)18-19(22(30)31)20(18)26(16,25(34)35)28(10-36-23(32)13-2-3-13)11-37-24(33)14-4-5-14;/h6-8,13-14,16,18-21,29H,2-5,9-11H2,1H3,(H,30,31)(H,34,35);1H/t16-,18+,19+,20+,21-,26+;/m1./s1. The van der Waals surface area contributed by atoms with Gasteiger partial charge >= 0.3 is 23.9 Å². The molecular weight excluding hydrogens is 557 g/mol. The molecule has 4 aliphatic carbocycles. The number of ether oxygens (including phenoxy) is 2. The number of aliphatic carboxylic acids is 2. The Bertz CT molecular complexity index is 1130. The zero-order valence-corrected chi connectivity index (χ0v) is 22.8. The van der Waals surface area contributed by atoms with Gasteiger partial charge in [0.2, 0.25) is 0 Å². The fourth-order valence-electron chi connectivity index (χ4n) is 5.83. The summed E-state index contributed by atoms with van der Waals surface area (Å²) in [5.74, 6) is -8.43. The van der Waals surface area contributed by atoms with Gasteiger partial charge in [0.1, 0.15) is 24.8 Å². The van der Waals surface area contributed by atoms with Gasteiger partial charge in [0.25, 0.3) is 0 Å². The molecule has 4 aliphatic rings. The van der Waals surface area contributed by atoms with Crippen molar-refractivity contribution in [1.82, 2.24) is 4.90 Å². The fourth-order valence-corrected chi connectivity index (χ4v) is 7.08. The van der Waals surface area contributed by atoms with Crippen LogP contribution in [0.5, 0.6) is 0 Å². The molecule has 39 heavy (non-hydrogen) atoms. The lowest BCUT2D eigenvalue weighted by Crippen LogP contribution is -2.63. The van der Waals surface area contributed by atoms with Crippen LogP contribution >= 0.6 is 24.2 Å². The highest BCUT2D eigenvalue weighted by molar-refractivity contribution is 7.99. The number of carbonyl (C=O) groups excluding carboxylic acids is 2. The van der Waals surface area contributed by atoms with Crippen LogP contribution in [0.2, 0.25) is 0 Å². The highest BCUT2D eigenvalue weighted by Gasteiger charge is 2.80. The average molecular weight is 588 g/mol. The number of fused-ring (bicyclic) bond motifs is 1. The van der Waals surface area contributed by atoms with Crippen LogP contribution in [0.15, 0.2) is 23.1 Å². The number of esters is 2. The number of aliphatic hydroxyl groups excluding tert-OH is 1. The van der Waals surface area contributed by atoms with Crippen LogP contribution in [-0.4, -0.2) is 75.0 Å². The van der Waals surface area contributed by atoms with Crippen LogP contribution in [0.3, 0.4) is 0 Å². The van der Waals surface area contributed by atoms with Gasteiger partial charge < -0.3 is 24.8 Å². The second-order valence-electron chi connectivity index (χ2n) is 10.7. The van der Waals surface area contributed by atoms with Crippen LogP contribution in [0.25, 0.3) is 0 Å². The number of carboxylic acid groups (broad SMARTS) is 2. The topological polar surface area (TPSA) is 151 Å². The Morgan fingerprint density at radius 2 is 1.62 bits per heavy atom. The number of benzene rings is 1. The Kier molecular flexibility index (Phi) is 8.51. The smallest absolute Gasteiger partial charge is 0.325 e. The van der Waals surface area contributed by atoms with Crippen molar-refractivity contribution in [2.75, 3.05) is 19.2 Å². The molecule has 1 aromatic carbocycles. The van der Waals surface area contributed by atoms with E-state index in [0.29, 0.717) is 36.1 Å². The highest BCUT2D eigenvalue weighted by Crippen LogP contribution is 2.67. The lowest BCUT2D eigenvalue weighted by atomic mass is 9.79. The predicted octanol–water partition coefficient (Wildman–Crippen LogP) is 2.53. The Morgan fingerprint density at radius 1 is 1.05 bits per heavy atom. The van der Waals surface area contributed by atoms with E-state index < -0.39 is 72.7 Å². The molecule has 0 amide bonds. The minimum absolute atomic E-state index is 0. The van der Waals surface area contributed by atoms with E-state index in [4.69, 9.17) is 9.47 Å². The molecule has 6 atom stereocenters. The summed E-state index contributed by atoms with van der Waals surface area (Å²) in [5.41, 5.74) is -1.58. The van der Waals surface area contributed by atoms with Gasteiger partial charge in [0.15, 0.2) is 0 Å². The largest absolute Gasteiger partial charge is 0.481 e. The number of thioether (sulfide) groups is 1. The molecule has 0 aromatic heterocycles. The molecular formula is C26H31ClFNO9S. The second-order valence-corrected chi connectivity index (χ2v) is 11.8. The van der Waals surface area contributed by atoms with E-state index in [2.05, 4.69) is 0 Å². The van der Waals surface area contributed by atoms with E-state index in [1.807, 2.05) is 0 Å². The maximum Gasteiger partial charge on any atom is 0.325 e. The molecule has 13 heteroatoms. The number of rotatable bonds is 12. The Balaban J connectivity index is 0.00000353. The molecule has 1 aromatic rings. The maximum absolute atomic E-state index is 13.8. The highest BCUT2D eigenvalue weighted by atomic mass is 35.5. The quantitative estimate of drug-likeness (QED) is 0.188. The summed E-state index contributed by atoms with van der Waals surface area (Å²) >= 11 is 1.21. The summed E-state index contributed by atoms with van der Waals surface area (Å²) in [4.78, 5) is 51.7. The van der Waals surface area contributed by atoms with E-state index in [9.17, 15) is 38.9 Å². The van der Waals surface area contributed by atoms with Crippen molar-refractivity contribution in [1.29, 1.82) is 0 Å². The number of halogens is 2. The minimum atomic E-state index is -1.98. The van der Waals surface area contributed by atoms with Gasteiger partial charge in [-0.2, -0.15) is 0 Å². The zero-order chi connectivity index (χ0) is 27.4. The number of hydrogen-bond donors (Lipinski definition) is 3. The third-order valence-electron chi connectivity index (χ3n) is 8.21. The van der Waals surface area contributed by atoms with Gasteiger partial charge in [-0.1, -0.05) is 0 Å². The third kappa shape index (κ3) is 5.48. The summed E-state index contributed by atoms with van der Waals surface area (Å²) in [6.45, 7) is 0.541. The first-order valence-corrected chi connectivity index (χ1v) is 13.7. The predicted molar refractivity (Wildman–Crippen MR) is 136 cm³/mol. The van der Waals surface area contributed by atoms with E-state index in [-0.39, 0.29) is 35.8 Å². The normalized spacial score (nSPS) is 30.7. The Labute approximate surface area is 234 Å². The SMILES string of the molecule is Cc1cc(SC[C@@H]2[C@@H](O)[C@H]3[C@H](C(=O)O)[C@H]3[C@@]2(C(=O)O)N(COC(=O)C2CC2)COC(=O)C2CC2)ccc1F.Cl. The van der Waals surface area contributed by atoms with E-state index in [1.165, 1.54) is 22.7 Å². The van der Waals surface area contributed by atoms with Gasteiger partial charge in [-0.25, -0.2) is 9.29 Å². The summed E-state index contributed by atoms with van der Waals surface area (Å²) < 4.78 is 24.6. The van der Waals surface area contributed by atoms with Gasteiger partial charge in [-0.05, 0) is 56.4 Å². The summed E-state index contributed by atoms with van der Waals surface area (Å²) in [7, 11) is 0.